The minimum absolute atomic E-state index is 0.0997. The molecule has 3 aromatic rings. The first-order valence-electron chi connectivity index (χ1n) is 7.16. The summed E-state index contributed by atoms with van der Waals surface area (Å²) in [7, 11) is -5.12. The summed E-state index contributed by atoms with van der Waals surface area (Å²) < 4.78 is 70.5. The Morgan fingerprint density at radius 1 is 1.00 bits per heavy atom. The molecule has 26 heavy (non-hydrogen) atoms. The van der Waals surface area contributed by atoms with E-state index in [1.807, 2.05) is 0 Å². The van der Waals surface area contributed by atoms with Gasteiger partial charge in [-0.3, -0.25) is 5.10 Å². The van der Waals surface area contributed by atoms with E-state index in [0.717, 1.165) is 6.07 Å². The monoisotopic (exact) mass is 384 g/mol. The largest absolute Gasteiger partial charge is 0.489 e. The lowest BCUT2D eigenvalue weighted by molar-refractivity contribution is 0.299. The van der Waals surface area contributed by atoms with Crippen LogP contribution in [0.3, 0.4) is 0 Å². The smallest absolute Gasteiger partial charge is 0.488 e. The molecule has 0 atom stereocenters. The summed E-state index contributed by atoms with van der Waals surface area (Å²) in [5.74, 6) is -1.52. The highest BCUT2D eigenvalue weighted by Gasteiger charge is 2.13. The minimum Gasteiger partial charge on any atom is -0.489 e. The van der Waals surface area contributed by atoms with Crippen LogP contribution in [0.5, 0.6) is 11.5 Å². The van der Waals surface area contributed by atoms with Crippen molar-refractivity contribution in [2.75, 3.05) is 0 Å². The summed E-state index contributed by atoms with van der Waals surface area (Å²) >= 11 is 0. The van der Waals surface area contributed by atoms with Gasteiger partial charge in [-0.15, -0.1) is 0 Å². The van der Waals surface area contributed by atoms with Gasteiger partial charge in [-0.1, -0.05) is 3.89 Å². The van der Waals surface area contributed by atoms with Crippen molar-refractivity contribution in [2.45, 2.75) is 6.61 Å². The SMILES string of the molecule is O=S(=O)(F)Oc1ccc(OCc2cc(-c3ccn[nH]3)c(F)cc2F)cc1. The highest BCUT2D eigenvalue weighted by Crippen LogP contribution is 2.25. The Hall–Kier alpha value is -3.01. The summed E-state index contributed by atoms with van der Waals surface area (Å²) in [5.41, 5.74) is 0.625. The first kappa shape index (κ1) is 17.8. The maximum atomic E-state index is 14.0. The Morgan fingerprint density at radius 2 is 1.69 bits per heavy atom. The summed E-state index contributed by atoms with van der Waals surface area (Å²) in [6, 6.07) is 8.56. The van der Waals surface area contributed by atoms with Crippen LogP contribution in [0, 0.1) is 11.6 Å². The van der Waals surface area contributed by atoms with Crippen molar-refractivity contribution in [3.05, 3.63) is 65.9 Å². The molecule has 0 fully saturated rings. The fraction of sp³-hybridized carbons (Fsp3) is 0.0625. The van der Waals surface area contributed by atoms with Gasteiger partial charge in [0.1, 0.15) is 29.7 Å². The molecular weight excluding hydrogens is 373 g/mol. The molecule has 0 radical (unpaired) electrons. The van der Waals surface area contributed by atoms with Crippen LogP contribution in [-0.4, -0.2) is 18.6 Å². The van der Waals surface area contributed by atoms with Crippen LogP contribution in [0.15, 0.2) is 48.7 Å². The van der Waals surface area contributed by atoms with Gasteiger partial charge < -0.3 is 8.92 Å². The van der Waals surface area contributed by atoms with Crippen LogP contribution in [0.1, 0.15) is 5.56 Å². The molecule has 0 spiro atoms. The molecule has 0 bridgehead atoms. The first-order chi connectivity index (χ1) is 12.3. The van der Waals surface area contributed by atoms with E-state index in [-0.39, 0.29) is 29.2 Å². The fourth-order valence-corrected chi connectivity index (χ4v) is 2.53. The van der Waals surface area contributed by atoms with Gasteiger partial charge in [0.25, 0.3) is 0 Å². The molecule has 0 saturated heterocycles. The Labute approximate surface area is 146 Å². The zero-order chi connectivity index (χ0) is 18.7. The quantitative estimate of drug-likeness (QED) is 0.658. The zero-order valence-corrected chi connectivity index (χ0v) is 13.8. The molecule has 0 aliphatic carbocycles. The number of aromatic amines is 1. The van der Waals surface area contributed by atoms with Crippen molar-refractivity contribution in [3.63, 3.8) is 0 Å². The lowest BCUT2D eigenvalue weighted by atomic mass is 10.1. The molecule has 136 valence electrons. The molecule has 0 amide bonds. The van der Waals surface area contributed by atoms with E-state index in [9.17, 15) is 21.1 Å². The minimum atomic E-state index is -5.12. The first-order valence-corrected chi connectivity index (χ1v) is 8.47. The van der Waals surface area contributed by atoms with Crippen LogP contribution in [0.2, 0.25) is 0 Å². The average Bonchev–Trinajstić information content (AvgIpc) is 3.08. The zero-order valence-electron chi connectivity index (χ0n) is 12.9. The molecule has 10 heteroatoms. The van der Waals surface area contributed by atoms with E-state index >= 15 is 0 Å². The van der Waals surface area contributed by atoms with Crippen molar-refractivity contribution in [2.24, 2.45) is 0 Å². The number of ether oxygens (including phenoxy) is 1. The van der Waals surface area contributed by atoms with Crippen molar-refractivity contribution < 1.29 is 30.0 Å². The number of nitrogens with zero attached hydrogens (tertiary/aromatic N) is 1. The molecule has 6 nitrogen and oxygen atoms in total. The van der Waals surface area contributed by atoms with E-state index in [0.29, 0.717) is 5.69 Å². The third-order valence-corrected chi connectivity index (χ3v) is 3.73. The second kappa shape index (κ2) is 7.08. The van der Waals surface area contributed by atoms with Gasteiger partial charge in [0.15, 0.2) is 0 Å². The number of H-pyrrole nitrogens is 1. The predicted octanol–water partition coefficient (Wildman–Crippen LogP) is 3.53. The van der Waals surface area contributed by atoms with E-state index in [2.05, 4.69) is 14.4 Å². The Morgan fingerprint density at radius 3 is 2.31 bits per heavy atom. The molecule has 1 heterocycles. The highest BCUT2D eigenvalue weighted by atomic mass is 32.3. The summed E-state index contributed by atoms with van der Waals surface area (Å²) in [5, 5.41) is 6.31. The molecule has 0 saturated carbocycles. The summed E-state index contributed by atoms with van der Waals surface area (Å²) in [6.45, 7) is -0.213. The number of halogens is 3. The van der Waals surface area contributed by atoms with Gasteiger partial charge in [-0.2, -0.15) is 13.5 Å². The van der Waals surface area contributed by atoms with E-state index in [4.69, 9.17) is 4.74 Å². The number of rotatable bonds is 6. The lowest BCUT2D eigenvalue weighted by Crippen LogP contribution is -2.02. The molecule has 1 N–H and O–H groups in total. The third kappa shape index (κ3) is 4.33. The highest BCUT2D eigenvalue weighted by molar-refractivity contribution is 7.81. The van der Waals surface area contributed by atoms with Gasteiger partial charge in [-0.05, 0) is 36.4 Å². The summed E-state index contributed by atoms with van der Waals surface area (Å²) in [4.78, 5) is 0. The number of benzene rings is 2. The third-order valence-electron chi connectivity index (χ3n) is 3.34. The van der Waals surface area contributed by atoms with Crippen LogP contribution in [0.4, 0.5) is 12.7 Å². The van der Waals surface area contributed by atoms with E-state index in [1.165, 1.54) is 36.5 Å². The Balaban J connectivity index is 1.74. The van der Waals surface area contributed by atoms with E-state index in [1.54, 1.807) is 6.07 Å². The van der Waals surface area contributed by atoms with Crippen molar-refractivity contribution in [3.8, 4) is 22.8 Å². The molecular formula is C16H11F3N2O4S. The van der Waals surface area contributed by atoms with Crippen molar-refractivity contribution in [1.82, 2.24) is 10.2 Å². The molecule has 0 aliphatic rings. The second-order valence-electron chi connectivity index (χ2n) is 5.13. The number of hydrogen-bond acceptors (Lipinski definition) is 5. The normalized spacial score (nSPS) is 11.3. The van der Waals surface area contributed by atoms with Gasteiger partial charge in [-0.25, -0.2) is 8.78 Å². The lowest BCUT2D eigenvalue weighted by Gasteiger charge is -2.10. The second-order valence-corrected chi connectivity index (χ2v) is 6.08. The van der Waals surface area contributed by atoms with Gasteiger partial charge in [0, 0.05) is 23.4 Å². The maximum absolute atomic E-state index is 14.0. The van der Waals surface area contributed by atoms with Crippen molar-refractivity contribution >= 4 is 10.5 Å². The van der Waals surface area contributed by atoms with Crippen LogP contribution >= 0.6 is 0 Å². The fourth-order valence-electron chi connectivity index (χ4n) is 2.18. The molecule has 0 aliphatic heterocycles. The molecule has 2 aromatic carbocycles. The van der Waals surface area contributed by atoms with Gasteiger partial charge in [0.05, 0.1) is 5.69 Å². The average molecular weight is 384 g/mol. The van der Waals surface area contributed by atoms with Crippen LogP contribution in [0.25, 0.3) is 11.3 Å². The predicted molar refractivity (Wildman–Crippen MR) is 85.4 cm³/mol. The van der Waals surface area contributed by atoms with Crippen molar-refractivity contribution in [1.29, 1.82) is 0 Å². The molecule has 0 unspecified atom stereocenters. The van der Waals surface area contributed by atoms with Crippen LogP contribution in [-0.2, 0) is 17.1 Å². The van der Waals surface area contributed by atoms with Gasteiger partial charge >= 0.3 is 10.5 Å². The van der Waals surface area contributed by atoms with E-state index < -0.39 is 22.1 Å². The van der Waals surface area contributed by atoms with Crippen LogP contribution < -0.4 is 8.92 Å². The number of aromatic nitrogens is 2. The Kier molecular flexibility index (Phi) is 4.85. The summed E-state index contributed by atoms with van der Waals surface area (Å²) in [6.07, 6.45) is 1.44. The maximum Gasteiger partial charge on any atom is 0.488 e. The number of nitrogens with one attached hydrogen (secondary N) is 1. The standard InChI is InChI=1S/C16H11F3N2O4S/c17-14-8-15(18)13(16-5-6-20-21-16)7-10(14)9-24-11-1-3-12(4-2-11)25-26(19,22)23/h1-8H,9H2,(H,20,21). The topological polar surface area (TPSA) is 81.3 Å². The Bertz CT molecular complexity index is 1010. The molecule has 1 aromatic heterocycles. The molecule has 3 rings (SSSR count). The van der Waals surface area contributed by atoms with Gasteiger partial charge in [0.2, 0.25) is 0 Å². The number of hydrogen-bond donors (Lipinski definition) is 1.